The highest BCUT2D eigenvalue weighted by molar-refractivity contribution is 5.90. The summed E-state index contributed by atoms with van der Waals surface area (Å²) >= 11 is 0. The van der Waals surface area contributed by atoms with Crippen LogP contribution in [-0.2, 0) is 4.79 Å². The van der Waals surface area contributed by atoms with Crippen molar-refractivity contribution in [1.82, 2.24) is 15.1 Å². The standard InChI is InChI=1S/C18H25N5O4/c1-3-5-11-22(12-6-4-2)13-16(24)19-18-21-20-17(27-18)14-7-9-15(10-8-14)23(25)26/h7-10H,3-6,11-13H2,1-2H3,(H,19,21,24). The van der Waals surface area contributed by atoms with E-state index in [2.05, 4.69) is 34.3 Å². The van der Waals surface area contributed by atoms with Gasteiger partial charge in [-0.15, -0.1) is 5.10 Å². The van der Waals surface area contributed by atoms with Crippen LogP contribution in [0.1, 0.15) is 39.5 Å². The molecule has 0 saturated carbocycles. The van der Waals surface area contributed by atoms with Crippen LogP contribution in [0.4, 0.5) is 11.7 Å². The SMILES string of the molecule is CCCCN(CCCC)CC(=O)Nc1nnc(-c2ccc([N+](=O)[O-])cc2)o1. The van der Waals surface area contributed by atoms with Gasteiger partial charge in [0.25, 0.3) is 5.69 Å². The van der Waals surface area contributed by atoms with Gasteiger partial charge < -0.3 is 4.42 Å². The Kier molecular flexibility index (Phi) is 7.87. The number of nitro groups is 1. The highest BCUT2D eigenvalue weighted by Crippen LogP contribution is 2.22. The summed E-state index contributed by atoms with van der Waals surface area (Å²) in [6, 6.07) is 5.77. The number of carbonyl (C=O) groups excluding carboxylic acids is 1. The zero-order valence-corrected chi connectivity index (χ0v) is 15.7. The predicted octanol–water partition coefficient (Wildman–Crippen LogP) is 3.49. The Morgan fingerprint density at radius 3 is 2.33 bits per heavy atom. The quantitative estimate of drug-likeness (QED) is 0.472. The highest BCUT2D eigenvalue weighted by Gasteiger charge is 2.15. The van der Waals surface area contributed by atoms with E-state index in [1.54, 1.807) is 0 Å². The Morgan fingerprint density at radius 1 is 1.15 bits per heavy atom. The van der Waals surface area contributed by atoms with Crippen LogP contribution in [0.25, 0.3) is 11.5 Å². The van der Waals surface area contributed by atoms with Crippen molar-refractivity contribution in [3.05, 3.63) is 34.4 Å². The van der Waals surface area contributed by atoms with Gasteiger partial charge >= 0.3 is 6.01 Å². The Labute approximate surface area is 157 Å². The third-order valence-corrected chi connectivity index (χ3v) is 4.02. The molecule has 0 aliphatic rings. The van der Waals surface area contributed by atoms with Crippen molar-refractivity contribution in [2.24, 2.45) is 0 Å². The number of aromatic nitrogens is 2. The second kappa shape index (κ2) is 10.4. The minimum atomic E-state index is -0.480. The lowest BCUT2D eigenvalue weighted by Crippen LogP contribution is -2.34. The molecule has 0 unspecified atom stereocenters. The Bertz CT molecular complexity index is 736. The Morgan fingerprint density at radius 2 is 1.78 bits per heavy atom. The summed E-state index contributed by atoms with van der Waals surface area (Å²) in [5, 5.41) is 21.0. The number of unbranched alkanes of at least 4 members (excludes halogenated alkanes) is 2. The summed E-state index contributed by atoms with van der Waals surface area (Å²) in [7, 11) is 0. The van der Waals surface area contributed by atoms with Gasteiger partial charge in [-0.05, 0) is 38.1 Å². The molecule has 0 spiro atoms. The number of rotatable bonds is 11. The van der Waals surface area contributed by atoms with E-state index in [1.807, 2.05) is 0 Å². The largest absolute Gasteiger partial charge is 0.403 e. The average Bonchev–Trinajstić information content (AvgIpc) is 3.12. The number of hydrogen-bond donors (Lipinski definition) is 1. The number of anilines is 1. The Hall–Kier alpha value is -2.81. The Balaban J connectivity index is 1.95. The fourth-order valence-electron chi connectivity index (χ4n) is 2.51. The molecule has 27 heavy (non-hydrogen) atoms. The van der Waals surface area contributed by atoms with Gasteiger partial charge in [0.2, 0.25) is 11.8 Å². The zero-order valence-electron chi connectivity index (χ0n) is 15.7. The van der Waals surface area contributed by atoms with Crippen molar-refractivity contribution in [3.63, 3.8) is 0 Å². The van der Waals surface area contributed by atoms with E-state index >= 15 is 0 Å². The molecule has 0 aliphatic carbocycles. The van der Waals surface area contributed by atoms with E-state index in [-0.39, 0.29) is 30.0 Å². The van der Waals surface area contributed by atoms with E-state index in [0.717, 1.165) is 38.8 Å². The van der Waals surface area contributed by atoms with Crippen LogP contribution in [0.5, 0.6) is 0 Å². The van der Waals surface area contributed by atoms with Gasteiger partial charge in [-0.2, -0.15) is 0 Å². The number of amides is 1. The maximum atomic E-state index is 12.3. The van der Waals surface area contributed by atoms with E-state index in [0.29, 0.717) is 5.56 Å². The summed E-state index contributed by atoms with van der Waals surface area (Å²) in [6.07, 6.45) is 4.24. The highest BCUT2D eigenvalue weighted by atomic mass is 16.6. The van der Waals surface area contributed by atoms with Crippen LogP contribution < -0.4 is 5.32 Å². The van der Waals surface area contributed by atoms with E-state index in [9.17, 15) is 14.9 Å². The fourth-order valence-corrected chi connectivity index (χ4v) is 2.51. The second-order valence-corrected chi connectivity index (χ2v) is 6.25. The smallest absolute Gasteiger partial charge is 0.322 e. The summed E-state index contributed by atoms with van der Waals surface area (Å²) in [5.74, 6) is -0.0184. The van der Waals surface area contributed by atoms with Crippen LogP contribution in [0.15, 0.2) is 28.7 Å². The van der Waals surface area contributed by atoms with Gasteiger partial charge in [0.05, 0.1) is 11.5 Å². The van der Waals surface area contributed by atoms with Gasteiger partial charge in [0, 0.05) is 17.7 Å². The van der Waals surface area contributed by atoms with Crippen LogP contribution in [0, 0.1) is 10.1 Å². The molecule has 146 valence electrons. The van der Waals surface area contributed by atoms with Gasteiger partial charge in [-0.1, -0.05) is 31.8 Å². The molecule has 0 bridgehead atoms. The number of nitro benzene ring substituents is 1. The molecule has 2 aromatic rings. The predicted molar refractivity (Wildman–Crippen MR) is 101 cm³/mol. The molecule has 1 aromatic carbocycles. The molecular weight excluding hydrogens is 350 g/mol. The zero-order chi connectivity index (χ0) is 19.6. The lowest BCUT2D eigenvalue weighted by atomic mass is 10.2. The molecule has 9 heteroatoms. The van der Waals surface area contributed by atoms with Crippen LogP contribution in [0.2, 0.25) is 0 Å². The molecule has 0 radical (unpaired) electrons. The van der Waals surface area contributed by atoms with Crippen molar-refractivity contribution in [2.45, 2.75) is 39.5 Å². The fraction of sp³-hybridized carbons (Fsp3) is 0.500. The lowest BCUT2D eigenvalue weighted by Gasteiger charge is -2.20. The van der Waals surface area contributed by atoms with E-state index in [1.165, 1.54) is 24.3 Å². The number of non-ortho nitro benzene ring substituents is 1. The third kappa shape index (κ3) is 6.45. The van der Waals surface area contributed by atoms with Gasteiger partial charge in [-0.25, -0.2) is 0 Å². The van der Waals surface area contributed by atoms with Crippen molar-refractivity contribution in [3.8, 4) is 11.5 Å². The number of carbonyl (C=O) groups is 1. The number of hydrogen-bond acceptors (Lipinski definition) is 7. The monoisotopic (exact) mass is 375 g/mol. The van der Waals surface area contributed by atoms with Crippen LogP contribution >= 0.6 is 0 Å². The number of benzene rings is 1. The molecule has 0 aliphatic heterocycles. The second-order valence-electron chi connectivity index (χ2n) is 6.25. The topological polar surface area (TPSA) is 114 Å². The van der Waals surface area contributed by atoms with Crippen molar-refractivity contribution in [2.75, 3.05) is 25.0 Å². The first-order valence-corrected chi connectivity index (χ1v) is 9.14. The third-order valence-electron chi connectivity index (χ3n) is 4.02. The van der Waals surface area contributed by atoms with Crippen molar-refractivity contribution < 1.29 is 14.1 Å². The van der Waals surface area contributed by atoms with E-state index < -0.39 is 4.92 Å². The number of nitrogens with zero attached hydrogens (tertiary/aromatic N) is 4. The molecule has 2 rings (SSSR count). The summed E-state index contributed by atoms with van der Waals surface area (Å²) in [5.41, 5.74) is 0.521. The minimum absolute atomic E-state index is 0.0132. The molecule has 1 aromatic heterocycles. The molecule has 9 nitrogen and oxygen atoms in total. The maximum Gasteiger partial charge on any atom is 0.322 e. The molecular formula is C18H25N5O4. The molecule has 0 fully saturated rings. The first kappa shape index (κ1) is 20.5. The number of nitrogens with one attached hydrogen (secondary N) is 1. The summed E-state index contributed by atoms with van der Waals surface area (Å²) < 4.78 is 5.44. The minimum Gasteiger partial charge on any atom is -0.403 e. The summed E-state index contributed by atoms with van der Waals surface area (Å²) in [4.78, 5) is 24.6. The lowest BCUT2D eigenvalue weighted by molar-refractivity contribution is -0.384. The van der Waals surface area contributed by atoms with Crippen LogP contribution in [0.3, 0.4) is 0 Å². The molecule has 0 saturated heterocycles. The molecule has 1 amide bonds. The normalized spacial score (nSPS) is 10.9. The first-order chi connectivity index (χ1) is 13.0. The van der Waals surface area contributed by atoms with Crippen LogP contribution in [-0.4, -0.2) is 45.6 Å². The molecule has 1 heterocycles. The summed E-state index contributed by atoms with van der Waals surface area (Å²) in [6.45, 7) is 6.27. The first-order valence-electron chi connectivity index (χ1n) is 9.14. The van der Waals surface area contributed by atoms with Crippen molar-refractivity contribution >= 4 is 17.6 Å². The van der Waals surface area contributed by atoms with Gasteiger partial charge in [-0.3, -0.25) is 25.1 Å². The molecule has 1 N–H and O–H groups in total. The molecule has 0 atom stereocenters. The maximum absolute atomic E-state index is 12.3. The van der Waals surface area contributed by atoms with Gasteiger partial charge in [0.1, 0.15) is 0 Å². The van der Waals surface area contributed by atoms with E-state index in [4.69, 9.17) is 4.42 Å². The average molecular weight is 375 g/mol. The van der Waals surface area contributed by atoms with Gasteiger partial charge in [0.15, 0.2) is 0 Å². The van der Waals surface area contributed by atoms with Crippen molar-refractivity contribution in [1.29, 1.82) is 0 Å².